The fraction of sp³-hybridized carbons (Fsp3) is 0.571. The van der Waals surface area contributed by atoms with Gasteiger partial charge in [0.15, 0.2) is 0 Å². The molecule has 4 heteroatoms. The van der Waals surface area contributed by atoms with Gasteiger partial charge in [-0.1, -0.05) is 18.2 Å². The van der Waals surface area contributed by atoms with Crippen LogP contribution in [0.5, 0.6) is 5.75 Å². The van der Waals surface area contributed by atoms with Gasteiger partial charge in [0.1, 0.15) is 18.5 Å². The molecule has 2 N–H and O–H groups in total. The fourth-order valence-electron chi connectivity index (χ4n) is 2.14. The summed E-state index contributed by atoms with van der Waals surface area (Å²) in [5, 5.41) is 0. The Labute approximate surface area is 109 Å². The minimum Gasteiger partial charge on any atom is -0.490 e. The summed E-state index contributed by atoms with van der Waals surface area (Å²) in [6.45, 7) is 5.23. The summed E-state index contributed by atoms with van der Waals surface area (Å²) in [6.07, 6.45) is 0.143. The van der Waals surface area contributed by atoms with Crippen molar-refractivity contribution in [2.75, 3.05) is 33.4 Å². The number of morpholine rings is 1. The average Bonchev–Trinajstić information content (AvgIpc) is 2.37. The van der Waals surface area contributed by atoms with Crippen molar-refractivity contribution in [3.8, 4) is 5.75 Å². The lowest BCUT2D eigenvalue weighted by Gasteiger charge is -2.30. The lowest BCUT2D eigenvalue weighted by Crippen LogP contribution is -2.42. The van der Waals surface area contributed by atoms with Crippen LogP contribution in [0, 0.1) is 0 Å². The van der Waals surface area contributed by atoms with E-state index < -0.39 is 0 Å². The molecule has 1 fully saturated rings. The second kappa shape index (κ2) is 6.18. The van der Waals surface area contributed by atoms with Gasteiger partial charge in [0, 0.05) is 24.7 Å². The molecule has 1 aliphatic rings. The molecule has 0 saturated carbocycles. The zero-order valence-electron chi connectivity index (χ0n) is 11.1. The molecule has 1 aromatic carbocycles. The molecular formula is C14H22N2O2. The van der Waals surface area contributed by atoms with Gasteiger partial charge in [-0.15, -0.1) is 0 Å². The first-order valence-electron chi connectivity index (χ1n) is 6.44. The molecule has 0 radical (unpaired) electrons. The van der Waals surface area contributed by atoms with Crippen LogP contribution in [0.25, 0.3) is 0 Å². The summed E-state index contributed by atoms with van der Waals surface area (Å²) in [5.41, 5.74) is 6.97. The predicted octanol–water partition coefficient (Wildman–Crippen LogP) is 1.42. The largest absolute Gasteiger partial charge is 0.490 e. The third kappa shape index (κ3) is 3.45. The van der Waals surface area contributed by atoms with Crippen LogP contribution in [0.1, 0.15) is 18.5 Å². The highest BCUT2D eigenvalue weighted by molar-refractivity contribution is 5.35. The molecule has 2 rings (SSSR count). The molecule has 4 nitrogen and oxygen atoms in total. The maximum absolute atomic E-state index is 5.93. The number of rotatable bonds is 4. The Morgan fingerprint density at radius 2 is 2.28 bits per heavy atom. The minimum atomic E-state index is -0.0175. The van der Waals surface area contributed by atoms with Gasteiger partial charge >= 0.3 is 0 Å². The van der Waals surface area contributed by atoms with Crippen molar-refractivity contribution in [2.24, 2.45) is 5.73 Å². The van der Waals surface area contributed by atoms with E-state index in [4.69, 9.17) is 15.2 Å². The van der Waals surface area contributed by atoms with Crippen molar-refractivity contribution in [1.82, 2.24) is 4.90 Å². The third-order valence-corrected chi connectivity index (χ3v) is 3.18. The molecule has 0 amide bonds. The molecule has 1 saturated heterocycles. The number of nitrogens with two attached hydrogens (primary N) is 1. The van der Waals surface area contributed by atoms with Crippen LogP contribution in [0.3, 0.4) is 0 Å². The van der Waals surface area contributed by atoms with E-state index in [1.807, 2.05) is 31.2 Å². The quantitative estimate of drug-likeness (QED) is 0.878. The van der Waals surface area contributed by atoms with Crippen molar-refractivity contribution >= 4 is 0 Å². The molecule has 1 aromatic rings. The monoisotopic (exact) mass is 250 g/mol. The topological polar surface area (TPSA) is 47.7 Å². The number of ether oxygens (including phenoxy) is 2. The van der Waals surface area contributed by atoms with Crippen molar-refractivity contribution in [1.29, 1.82) is 0 Å². The van der Waals surface area contributed by atoms with Crippen LogP contribution in [0.4, 0.5) is 0 Å². The van der Waals surface area contributed by atoms with Gasteiger partial charge in [-0.25, -0.2) is 0 Å². The molecule has 0 bridgehead atoms. The highest BCUT2D eigenvalue weighted by Gasteiger charge is 2.18. The smallest absolute Gasteiger partial charge is 0.124 e. The zero-order chi connectivity index (χ0) is 13.0. The van der Waals surface area contributed by atoms with Gasteiger partial charge < -0.3 is 20.1 Å². The molecular weight excluding hydrogens is 228 g/mol. The highest BCUT2D eigenvalue weighted by Crippen LogP contribution is 2.23. The second-order valence-corrected chi connectivity index (χ2v) is 4.89. The first-order chi connectivity index (χ1) is 8.66. The van der Waals surface area contributed by atoms with E-state index in [1.165, 1.54) is 0 Å². The van der Waals surface area contributed by atoms with E-state index in [0.29, 0.717) is 6.61 Å². The van der Waals surface area contributed by atoms with E-state index >= 15 is 0 Å². The molecule has 2 unspecified atom stereocenters. The summed E-state index contributed by atoms with van der Waals surface area (Å²) in [4.78, 5) is 2.26. The van der Waals surface area contributed by atoms with Gasteiger partial charge in [-0.3, -0.25) is 0 Å². The van der Waals surface area contributed by atoms with E-state index in [0.717, 1.165) is 31.0 Å². The maximum atomic E-state index is 5.93. The average molecular weight is 250 g/mol. The van der Waals surface area contributed by atoms with E-state index in [-0.39, 0.29) is 12.1 Å². The van der Waals surface area contributed by atoms with E-state index in [9.17, 15) is 0 Å². The molecule has 18 heavy (non-hydrogen) atoms. The molecule has 0 aliphatic carbocycles. The van der Waals surface area contributed by atoms with Gasteiger partial charge in [-0.2, -0.15) is 0 Å². The van der Waals surface area contributed by atoms with Crippen LogP contribution < -0.4 is 10.5 Å². The molecule has 100 valence electrons. The first-order valence-corrected chi connectivity index (χ1v) is 6.44. The van der Waals surface area contributed by atoms with Gasteiger partial charge in [0.05, 0.1) is 6.61 Å². The van der Waals surface area contributed by atoms with Crippen molar-refractivity contribution in [3.63, 3.8) is 0 Å². The third-order valence-electron chi connectivity index (χ3n) is 3.18. The molecule has 0 spiro atoms. The predicted molar refractivity (Wildman–Crippen MR) is 71.8 cm³/mol. The van der Waals surface area contributed by atoms with Crippen molar-refractivity contribution in [2.45, 2.75) is 19.1 Å². The van der Waals surface area contributed by atoms with E-state index in [2.05, 4.69) is 11.9 Å². The Morgan fingerprint density at radius 3 is 3.00 bits per heavy atom. The Bertz CT molecular complexity index is 382. The number of likely N-dealkylation sites (N-methyl/N-ethyl adjacent to an activating group) is 1. The Morgan fingerprint density at radius 1 is 1.50 bits per heavy atom. The molecule has 1 heterocycles. The Balaban J connectivity index is 1.93. The molecule has 1 aliphatic heterocycles. The summed E-state index contributed by atoms with van der Waals surface area (Å²) >= 11 is 0. The molecule has 0 aromatic heterocycles. The number of benzene rings is 1. The van der Waals surface area contributed by atoms with Crippen LogP contribution in [0.15, 0.2) is 24.3 Å². The number of nitrogens with zero attached hydrogens (tertiary/aromatic N) is 1. The molecule has 2 atom stereocenters. The summed E-state index contributed by atoms with van der Waals surface area (Å²) in [7, 11) is 2.10. The second-order valence-electron chi connectivity index (χ2n) is 4.89. The Hall–Kier alpha value is -1.10. The lowest BCUT2D eigenvalue weighted by atomic mass is 10.1. The summed E-state index contributed by atoms with van der Waals surface area (Å²) in [5.74, 6) is 0.865. The lowest BCUT2D eigenvalue weighted by molar-refractivity contribution is -0.0405. The Kier molecular flexibility index (Phi) is 4.58. The zero-order valence-corrected chi connectivity index (χ0v) is 11.1. The van der Waals surface area contributed by atoms with Crippen molar-refractivity contribution < 1.29 is 9.47 Å². The summed E-state index contributed by atoms with van der Waals surface area (Å²) in [6, 6.07) is 7.90. The summed E-state index contributed by atoms with van der Waals surface area (Å²) < 4.78 is 11.5. The number of hydrogen-bond donors (Lipinski definition) is 1. The van der Waals surface area contributed by atoms with Gasteiger partial charge in [-0.05, 0) is 20.0 Å². The fourth-order valence-corrected chi connectivity index (χ4v) is 2.14. The first kappa shape index (κ1) is 13.3. The van der Waals surface area contributed by atoms with Crippen LogP contribution in [-0.4, -0.2) is 44.4 Å². The van der Waals surface area contributed by atoms with Gasteiger partial charge in [0.2, 0.25) is 0 Å². The van der Waals surface area contributed by atoms with Gasteiger partial charge in [0.25, 0.3) is 0 Å². The number of hydrogen-bond acceptors (Lipinski definition) is 4. The van der Waals surface area contributed by atoms with Crippen LogP contribution in [0.2, 0.25) is 0 Å². The standard InChI is InChI=1S/C14H22N2O2/c1-11(15)13-5-3-4-6-14(13)18-10-12-9-16(2)7-8-17-12/h3-6,11-12H,7-10,15H2,1-2H3. The van der Waals surface area contributed by atoms with Crippen LogP contribution >= 0.6 is 0 Å². The highest BCUT2D eigenvalue weighted by atomic mass is 16.5. The van der Waals surface area contributed by atoms with E-state index in [1.54, 1.807) is 0 Å². The normalized spacial score (nSPS) is 22.7. The maximum Gasteiger partial charge on any atom is 0.124 e. The minimum absolute atomic E-state index is 0.0175. The van der Waals surface area contributed by atoms with Crippen molar-refractivity contribution in [3.05, 3.63) is 29.8 Å². The number of para-hydroxylation sites is 1. The van der Waals surface area contributed by atoms with Crippen LogP contribution in [-0.2, 0) is 4.74 Å². The SMILES string of the molecule is CC(N)c1ccccc1OCC1CN(C)CCO1.